The summed E-state index contributed by atoms with van der Waals surface area (Å²) in [5.41, 5.74) is 0.146. The van der Waals surface area contributed by atoms with Crippen LogP contribution in [0, 0.1) is 11.3 Å². The highest BCUT2D eigenvalue weighted by atomic mass is 35.5. The van der Waals surface area contributed by atoms with Crippen molar-refractivity contribution in [3.05, 3.63) is 0 Å². The van der Waals surface area contributed by atoms with E-state index in [0.717, 1.165) is 32.1 Å². The van der Waals surface area contributed by atoms with Crippen LogP contribution in [0.5, 0.6) is 0 Å². The molecule has 0 aromatic carbocycles. The Morgan fingerprint density at radius 3 is 2.53 bits per heavy atom. The van der Waals surface area contributed by atoms with E-state index in [1.807, 2.05) is 0 Å². The van der Waals surface area contributed by atoms with Gasteiger partial charge in [0.15, 0.2) is 0 Å². The fraction of sp³-hybridized carbons (Fsp3) is 1.00. The lowest BCUT2D eigenvalue weighted by atomic mass is 9.87. The molecular formula is C14H28ClNO2S. The molecule has 3 nitrogen and oxygen atoms in total. The van der Waals surface area contributed by atoms with Crippen molar-refractivity contribution in [1.29, 1.82) is 0 Å². The zero-order valence-electron chi connectivity index (χ0n) is 12.7. The van der Waals surface area contributed by atoms with Crippen molar-refractivity contribution in [3.63, 3.8) is 0 Å². The molecule has 2 unspecified atom stereocenters. The van der Waals surface area contributed by atoms with Crippen molar-refractivity contribution in [2.75, 3.05) is 19.3 Å². The molecule has 19 heavy (non-hydrogen) atoms. The first-order valence-corrected chi connectivity index (χ1v) is 9.48. The Kier molecular flexibility index (Phi) is 6.15. The summed E-state index contributed by atoms with van der Waals surface area (Å²) in [6, 6.07) is 0. The number of nitrogens with zero attached hydrogens (tertiary/aromatic N) is 1. The monoisotopic (exact) mass is 309 g/mol. The fourth-order valence-electron chi connectivity index (χ4n) is 2.58. The summed E-state index contributed by atoms with van der Waals surface area (Å²) < 4.78 is 24.7. The number of alkyl halides is 1. The normalized spacial score (nSPS) is 24.4. The van der Waals surface area contributed by atoms with Crippen LogP contribution in [0.3, 0.4) is 0 Å². The molecule has 0 aromatic heterocycles. The van der Waals surface area contributed by atoms with Gasteiger partial charge in [-0.3, -0.25) is 0 Å². The minimum atomic E-state index is -3.02. The zero-order chi connectivity index (χ0) is 14.7. The standard InChI is InChI=1S/C14H28ClNO2S/c1-14(2,3)13(15)9-5-7-12-8-6-10-16(11-12)19(4,17)18/h12-13H,5-11H2,1-4H3. The summed E-state index contributed by atoms with van der Waals surface area (Å²) >= 11 is 6.37. The van der Waals surface area contributed by atoms with E-state index in [2.05, 4.69) is 20.8 Å². The molecule has 0 N–H and O–H groups in total. The van der Waals surface area contributed by atoms with E-state index in [0.29, 0.717) is 19.0 Å². The maximum Gasteiger partial charge on any atom is 0.211 e. The maximum atomic E-state index is 11.6. The minimum Gasteiger partial charge on any atom is -0.213 e. The van der Waals surface area contributed by atoms with E-state index in [-0.39, 0.29) is 10.8 Å². The summed E-state index contributed by atoms with van der Waals surface area (Å²) in [5, 5.41) is 0.196. The van der Waals surface area contributed by atoms with Crippen LogP contribution in [0.15, 0.2) is 0 Å². The van der Waals surface area contributed by atoms with Crippen molar-refractivity contribution >= 4 is 21.6 Å². The number of hydrogen-bond acceptors (Lipinski definition) is 2. The molecule has 1 saturated heterocycles. The lowest BCUT2D eigenvalue weighted by molar-refractivity contribution is 0.249. The van der Waals surface area contributed by atoms with E-state index in [1.54, 1.807) is 4.31 Å². The lowest BCUT2D eigenvalue weighted by Gasteiger charge is -2.31. The highest BCUT2D eigenvalue weighted by Crippen LogP contribution is 2.30. The summed E-state index contributed by atoms with van der Waals surface area (Å²) in [4.78, 5) is 0. The Balaban J connectivity index is 2.34. The van der Waals surface area contributed by atoms with Crippen molar-refractivity contribution < 1.29 is 8.42 Å². The van der Waals surface area contributed by atoms with Gasteiger partial charge in [-0.25, -0.2) is 12.7 Å². The number of hydrogen-bond donors (Lipinski definition) is 0. The molecule has 0 bridgehead atoms. The van der Waals surface area contributed by atoms with E-state index >= 15 is 0 Å². The Hall–Kier alpha value is 0.200. The summed E-state index contributed by atoms with van der Waals surface area (Å²) in [6.45, 7) is 7.88. The molecule has 5 heteroatoms. The SMILES string of the molecule is CC(C)(C)C(Cl)CCCC1CCCN(S(C)(=O)=O)C1. The van der Waals surface area contributed by atoms with E-state index < -0.39 is 10.0 Å². The molecule has 0 radical (unpaired) electrons. The van der Waals surface area contributed by atoms with Gasteiger partial charge in [0.25, 0.3) is 0 Å². The van der Waals surface area contributed by atoms with Crippen LogP contribution in [0.2, 0.25) is 0 Å². The second-order valence-corrected chi connectivity index (χ2v) is 9.40. The van der Waals surface area contributed by atoms with Gasteiger partial charge in [-0.15, -0.1) is 11.6 Å². The largest absolute Gasteiger partial charge is 0.213 e. The second-order valence-electron chi connectivity index (χ2n) is 6.89. The molecule has 0 aliphatic carbocycles. The molecule has 1 rings (SSSR count). The maximum absolute atomic E-state index is 11.6. The Labute approximate surface area is 123 Å². The topological polar surface area (TPSA) is 37.4 Å². The molecule has 114 valence electrons. The Morgan fingerprint density at radius 1 is 1.37 bits per heavy atom. The van der Waals surface area contributed by atoms with Gasteiger partial charge in [0.1, 0.15) is 0 Å². The van der Waals surface area contributed by atoms with Gasteiger partial charge < -0.3 is 0 Å². The number of piperidine rings is 1. The van der Waals surface area contributed by atoms with Crippen molar-refractivity contribution in [1.82, 2.24) is 4.31 Å². The first-order valence-electron chi connectivity index (χ1n) is 7.20. The van der Waals surface area contributed by atoms with E-state index in [4.69, 9.17) is 11.6 Å². The van der Waals surface area contributed by atoms with Gasteiger partial charge in [0.05, 0.1) is 6.26 Å². The van der Waals surface area contributed by atoms with Gasteiger partial charge in [0, 0.05) is 18.5 Å². The third-order valence-electron chi connectivity index (χ3n) is 3.96. The molecule has 0 amide bonds. The van der Waals surface area contributed by atoms with E-state index in [1.165, 1.54) is 6.26 Å². The first kappa shape index (κ1) is 17.3. The molecule has 2 atom stereocenters. The summed E-state index contributed by atoms with van der Waals surface area (Å²) in [6.07, 6.45) is 6.64. The molecule has 0 aromatic rings. The summed E-state index contributed by atoms with van der Waals surface area (Å²) in [5.74, 6) is 0.507. The quantitative estimate of drug-likeness (QED) is 0.729. The van der Waals surface area contributed by atoms with Gasteiger partial charge in [-0.05, 0) is 37.0 Å². The highest BCUT2D eigenvalue weighted by Gasteiger charge is 2.26. The number of halogens is 1. The predicted molar refractivity (Wildman–Crippen MR) is 82.1 cm³/mol. The van der Waals surface area contributed by atoms with Gasteiger partial charge in [-0.1, -0.05) is 27.2 Å². The van der Waals surface area contributed by atoms with Crippen molar-refractivity contribution in [2.24, 2.45) is 11.3 Å². The number of rotatable bonds is 5. The molecule has 0 saturated carbocycles. The van der Waals surface area contributed by atoms with Crippen LogP contribution in [-0.2, 0) is 10.0 Å². The van der Waals surface area contributed by atoms with Crippen LogP contribution < -0.4 is 0 Å². The summed E-state index contributed by atoms with van der Waals surface area (Å²) in [7, 11) is -3.02. The predicted octanol–water partition coefficient (Wildman–Crippen LogP) is 3.48. The molecule has 1 heterocycles. The van der Waals surface area contributed by atoms with Crippen LogP contribution in [-0.4, -0.2) is 37.4 Å². The molecule has 0 spiro atoms. The average Bonchev–Trinajstić information content (AvgIpc) is 2.27. The smallest absolute Gasteiger partial charge is 0.211 e. The molecular weight excluding hydrogens is 282 g/mol. The Bertz CT molecular complexity index is 375. The fourth-order valence-corrected chi connectivity index (χ4v) is 3.68. The molecule has 1 fully saturated rings. The second kappa shape index (κ2) is 6.77. The van der Waals surface area contributed by atoms with Gasteiger partial charge in [-0.2, -0.15) is 0 Å². The lowest BCUT2D eigenvalue weighted by Crippen LogP contribution is -2.39. The Morgan fingerprint density at radius 2 is 2.00 bits per heavy atom. The van der Waals surface area contributed by atoms with Gasteiger partial charge >= 0.3 is 0 Å². The zero-order valence-corrected chi connectivity index (χ0v) is 14.2. The number of sulfonamides is 1. The molecule has 1 aliphatic heterocycles. The van der Waals surface area contributed by atoms with Crippen molar-refractivity contribution in [3.8, 4) is 0 Å². The van der Waals surface area contributed by atoms with Crippen LogP contribution in [0.25, 0.3) is 0 Å². The van der Waals surface area contributed by atoms with Gasteiger partial charge in [0.2, 0.25) is 10.0 Å². The van der Waals surface area contributed by atoms with E-state index in [9.17, 15) is 8.42 Å². The van der Waals surface area contributed by atoms with Crippen molar-refractivity contribution in [2.45, 2.75) is 58.3 Å². The third kappa shape index (κ3) is 6.01. The third-order valence-corrected chi connectivity index (χ3v) is 6.10. The highest BCUT2D eigenvalue weighted by molar-refractivity contribution is 7.88. The molecule has 1 aliphatic rings. The minimum absolute atomic E-state index is 0.146. The van der Waals surface area contributed by atoms with Crippen LogP contribution in [0.4, 0.5) is 0 Å². The van der Waals surface area contributed by atoms with Crippen LogP contribution in [0.1, 0.15) is 52.9 Å². The average molecular weight is 310 g/mol. The first-order chi connectivity index (χ1) is 8.60. The van der Waals surface area contributed by atoms with Crippen LogP contribution >= 0.6 is 11.6 Å².